The smallest absolute Gasteiger partial charge is 0.309 e. The van der Waals surface area contributed by atoms with Crippen LogP contribution < -0.4 is 0 Å². The normalized spacial score (nSPS) is 16.8. The van der Waals surface area contributed by atoms with Crippen LogP contribution in [0.2, 0.25) is 0 Å². The van der Waals surface area contributed by atoms with Crippen molar-refractivity contribution in [2.24, 2.45) is 9.57 Å². The van der Waals surface area contributed by atoms with Crippen molar-refractivity contribution in [1.82, 2.24) is 5.12 Å². The standard InChI is InChI=1S/C19H21N3O2S/c1-22-20-18(15-8-4-3-5-9-15)14-25(21-22)13-17-11-7-6-10-16(17)12-19(23)24-2/h3-11H,12-14H2,1-2H3. The Labute approximate surface area is 150 Å². The summed E-state index contributed by atoms with van der Waals surface area (Å²) in [6.45, 7) is 0. The predicted octanol–water partition coefficient (Wildman–Crippen LogP) is 2.97. The first-order valence-electron chi connectivity index (χ1n) is 8.05. The molecule has 2 aromatic rings. The average molecular weight is 355 g/mol. The number of esters is 1. The molecule has 1 aliphatic rings. The molecule has 1 heterocycles. The van der Waals surface area contributed by atoms with Crippen LogP contribution in [0.15, 0.2) is 64.2 Å². The van der Waals surface area contributed by atoms with E-state index in [1.807, 2.05) is 43.4 Å². The topological polar surface area (TPSA) is 54.3 Å². The van der Waals surface area contributed by atoms with Crippen molar-refractivity contribution in [3.63, 3.8) is 0 Å². The predicted molar refractivity (Wildman–Crippen MR) is 101 cm³/mol. The van der Waals surface area contributed by atoms with Gasteiger partial charge in [0.05, 0.1) is 32.0 Å². The van der Waals surface area contributed by atoms with Crippen molar-refractivity contribution in [2.45, 2.75) is 12.2 Å². The maximum absolute atomic E-state index is 11.6. The third kappa shape index (κ3) is 4.54. The zero-order chi connectivity index (χ0) is 17.6. The highest BCUT2D eigenvalue weighted by molar-refractivity contribution is 7.87. The Morgan fingerprint density at radius 3 is 2.52 bits per heavy atom. The third-order valence-electron chi connectivity index (χ3n) is 3.91. The van der Waals surface area contributed by atoms with E-state index in [1.165, 1.54) is 7.11 Å². The van der Waals surface area contributed by atoms with Gasteiger partial charge in [0.25, 0.3) is 0 Å². The van der Waals surface area contributed by atoms with Gasteiger partial charge in [0, 0.05) is 5.75 Å². The van der Waals surface area contributed by atoms with Gasteiger partial charge in [-0.1, -0.05) is 65.3 Å². The first-order valence-corrected chi connectivity index (χ1v) is 9.57. The summed E-state index contributed by atoms with van der Waals surface area (Å²) in [6, 6.07) is 18.2. The second-order valence-corrected chi connectivity index (χ2v) is 7.42. The third-order valence-corrected chi connectivity index (χ3v) is 5.63. The Bertz CT molecular complexity index is 818. The minimum atomic E-state index is -0.222. The number of carbonyl (C=O) groups is 1. The van der Waals surface area contributed by atoms with Crippen LogP contribution >= 0.6 is 0 Å². The molecule has 0 radical (unpaired) electrons. The maximum atomic E-state index is 11.6. The molecular weight excluding hydrogens is 334 g/mol. The number of hydrogen-bond acceptors (Lipinski definition) is 5. The molecule has 6 heteroatoms. The highest BCUT2D eigenvalue weighted by atomic mass is 32.2. The summed E-state index contributed by atoms with van der Waals surface area (Å²) >= 11 is 0. The number of carbonyl (C=O) groups excluding carboxylic acids is 1. The number of methoxy groups -OCH3 is 1. The molecule has 25 heavy (non-hydrogen) atoms. The monoisotopic (exact) mass is 355 g/mol. The summed E-state index contributed by atoms with van der Waals surface area (Å²) < 4.78 is 9.45. The van der Waals surface area contributed by atoms with Gasteiger partial charge < -0.3 is 4.74 Å². The van der Waals surface area contributed by atoms with E-state index in [1.54, 1.807) is 5.12 Å². The number of nitrogens with zero attached hydrogens (tertiary/aromatic N) is 3. The van der Waals surface area contributed by atoms with Crippen molar-refractivity contribution in [2.75, 3.05) is 19.9 Å². The van der Waals surface area contributed by atoms with E-state index in [-0.39, 0.29) is 16.7 Å². The molecule has 1 aliphatic heterocycles. The SMILES string of the molecule is COC(=O)Cc1ccccc1CS1=NN(C)N=C(c2ccccc2)C1. The summed E-state index contributed by atoms with van der Waals surface area (Å²) in [6.07, 6.45) is 0.291. The Kier molecular flexibility index (Phi) is 5.60. The molecule has 0 amide bonds. The van der Waals surface area contributed by atoms with Gasteiger partial charge in [-0.2, -0.15) is 10.2 Å². The lowest BCUT2D eigenvalue weighted by Crippen LogP contribution is -2.24. The van der Waals surface area contributed by atoms with E-state index in [0.29, 0.717) is 6.42 Å². The fraction of sp³-hybridized carbons (Fsp3) is 0.263. The minimum absolute atomic E-state index is 0.215. The van der Waals surface area contributed by atoms with Crippen LogP contribution in [0.4, 0.5) is 0 Å². The molecule has 3 rings (SSSR count). The zero-order valence-electron chi connectivity index (χ0n) is 14.4. The fourth-order valence-corrected chi connectivity index (χ4v) is 4.47. The van der Waals surface area contributed by atoms with Crippen molar-refractivity contribution >= 4 is 22.4 Å². The number of hydrogen-bond donors (Lipinski definition) is 0. The van der Waals surface area contributed by atoms with Crippen molar-refractivity contribution in [1.29, 1.82) is 0 Å². The lowest BCUT2D eigenvalue weighted by atomic mass is 10.1. The van der Waals surface area contributed by atoms with Crippen LogP contribution in [-0.2, 0) is 32.4 Å². The molecule has 130 valence electrons. The zero-order valence-corrected chi connectivity index (χ0v) is 15.2. The van der Waals surface area contributed by atoms with Gasteiger partial charge in [0.2, 0.25) is 0 Å². The van der Waals surface area contributed by atoms with Gasteiger partial charge in [-0.05, 0) is 16.7 Å². The van der Waals surface area contributed by atoms with Crippen LogP contribution in [0, 0.1) is 0 Å². The Morgan fingerprint density at radius 2 is 1.80 bits per heavy atom. The Balaban J connectivity index is 1.79. The average Bonchev–Trinajstić information content (AvgIpc) is 2.63. The fourth-order valence-electron chi connectivity index (χ4n) is 2.71. The van der Waals surface area contributed by atoms with E-state index >= 15 is 0 Å². The molecule has 0 N–H and O–H groups in total. The van der Waals surface area contributed by atoms with Gasteiger partial charge in [-0.3, -0.25) is 4.79 Å². The molecule has 0 fully saturated rings. The van der Waals surface area contributed by atoms with Gasteiger partial charge in [0.15, 0.2) is 0 Å². The highest BCUT2D eigenvalue weighted by Crippen LogP contribution is 2.17. The quantitative estimate of drug-likeness (QED) is 0.775. The van der Waals surface area contributed by atoms with E-state index in [4.69, 9.17) is 4.74 Å². The summed E-state index contributed by atoms with van der Waals surface area (Å²) in [5.41, 5.74) is 4.32. The molecular formula is C19H21N3O2S. The number of benzene rings is 2. The second-order valence-electron chi connectivity index (χ2n) is 5.76. The van der Waals surface area contributed by atoms with Gasteiger partial charge >= 0.3 is 5.97 Å². The number of hydrazone groups is 1. The van der Waals surface area contributed by atoms with Crippen LogP contribution in [0.5, 0.6) is 0 Å². The number of rotatable bonds is 5. The van der Waals surface area contributed by atoms with E-state index in [9.17, 15) is 4.79 Å². The Morgan fingerprint density at radius 1 is 1.12 bits per heavy atom. The van der Waals surface area contributed by atoms with Gasteiger partial charge in [0.1, 0.15) is 0 Å². The maximum Gasteiger partial charge on any atom is 0.309 e. The lowest BCUT2D eigenvalue weighted by molar-refractivity contribution is -0.139. The largest absolute Gasteiger partial charge is 0.469 e. The molecule has 0 spiro atoms. The van der Waals surface area contributed by atoms with Crippen molar-refractivity contribution in [3.05, 3.63) is 71.3 Å². The molecule has 1 atom stereocenters. The Hall–Kier alpha value is -2.47. The molecule has 0 aliphatic carbocycles. The van der Waals surface area contributed by atoms with Crippen molar-refractivity contribution < 1.29 is 9.53 Å². The van der Waals surface area contributed by atoms with Crippen LogP contribution in [0.25, 0.3) is 0 Å². The van der Waals surface area contributed by atoms with E-state index in [0.717, 1.165) is 33.9 Å². The summed E-state index contributed by atoms with van der Waals surface area (Å²) in [5.74, 6) is 1.38. The molecule has 0 aromatic heterocycles. The lowest BCUT2D eigenvalue weighted by Gasteiger charge is -2.21. The van der Waals surface area contributed by atoms with Crippen LogP contribution in [0.3, 0.4) is 0 Å². The first-order chi connectivity index (χ1) is 12.2. The molecule has 0 saturated carbocycles. The van der Waals surface area contributed by atoms with Gasteiger partial charge in [-0.15, -0.1) is 4.47 Å². The van der Waals surface area contributed by atoms with E-state index in [2.05, 4.69) is 27.8 Å². The molecule has 0 saturated heterocycles. The van der Waals surface area contributed by atoms with Crippen LogP contribution in [-0.4, -0.2) is 36.7 Å². The summed E-state index contributed by atoms with van der Waals surface area (Å²) in [5, 5.41) is 6.21. The first kappa shape index (κ1) is 17.4. The highest BCUT2D eigenvalue weighted by Gasteiger charge is 2.16. The van der Waals surface area contributed by atoms with Crippen molar-refractivity contribution in [3.8, 4) is 0 Å². The second kappa shape index (κ2) is 8.07. The summed E-state index contributed by atoms with van der Waals surface area (Å²) in [7, 11) is 3.07. The van der Waals surface area contributed by atoms with Gasteiger partial charge in [-0.25, -0.2) is 0 Å². The molecule has 2 aromatic carbocycles. The number of ether oxygens (including phenoxy) is 1. The molecule has 1 unspecified atom stereocenters. The molecule has 5 nitrogen and oxygen atoms in total. The van der Waals surface area contributed by atoms with E-state index < -0.39 is 0 Å². The summed E-state index contributed by atoms with van der Waals surface area (Å²) in [4.78, 5) is 11.6. The van der Waals surface area contributed by atoms with Crippen LogP contribution in [0.1, 0.15) is 16.7 Å². The molecule has 0 bridgehead atoms. The minimum Gasteiger partial charge on any atom is -0.469 e.